The summed E-state index contributed by atoms with van der Waals surface area (Å²) < 4.78 is 4.70. The summed E-state index contributed by atoms with van der Waals surface area (Å²) in [6, 6.07) is 0.445. The van der Waals surface area contributed by atoms with E-state index in [9.17, 15) is 9.90 Å². The van der Waals surface area contributed by atoms with Gasteiger partial charge in [-0.05, 0) is 110 Å². The van der Waals surface area contributed by atoms with Crippen LogP contribution in [0.4, 0.5) is 4.79 Å². The van der Waals surface area contributed by atoms with Crippen molar-refractivity contribution in [3.8, 4) is 0 Å². The average molecular weight is 586 g/mol. The van der Waals surface area contributed by atoms with Crippen LogP contribution in [-0.2, 0) is 11.2 Å². The average Bonchev–Trinajstić information content (AvgIpc) is 3.56. The molecule has 1 aromatic heterocycles. The molecule has 0 amide bonds. The smallest absolute Gasteiger partial charge is 0.450 e. The van der Waals surface area contributed by atoms with Crippen LogP contribution >= 0.6 is 0 Å². The molecule has 1 aromatic rings. The Kier molecular flexibility index (Phi) is 9.98. The monoisotopic (exact) mass is 585 g/mol. The first-order valence-corrected chi connectivity index (χ1v) is 17.3. The number of hydrogen-bond donors (Lipinski definition) is 4. The van der Waals surface area contributed by atoms with E-state index in [0.717, 1.165) is 67.0 Å². The summed E-state index contributed by atoms with van der Waals surface area (Å²) in [6.07, 6.45) is 16.6. The third-order valence-corrected chi connectivity index (χ3v) is 13.1. The number of fused-ring (bicyclic) bond motifs is 5. The largest absolute Gasteiger partial charge is 0.508 e. The number of H-pyrrole nitrogens is 1. The minimum atomic E-state index is -1.39. The number of aromatic nitrogens is 2. The second kappa shape index (κ2) is 13.2. The molecule has 0 aliphatic heterocycles. The predicted octanol–water partition coefficient (Wildman–Crippen LogP) is 7.66. The quantitative estimate of drug-likeness (QED) is 0.148. The Morgan fingerprint density at radius 1 is 1.07 bits per heavy atom. The first kappa shape index (κ1) is 31.8. The Balaban J connectivity index is 1.32. The number of carboxylic acid groups (broad SMARTS) is 1. The molecule has 4 aliphatic carbocycles. The van der Waals surface area contributed by atoms with Crippen molar-refractivity contribution in [3.63, 3.8) is 0 Å². The molecule has 11 atom stereocenters. The fraction of sp³-hybridized carbons (Fsp3) is 0.886. The van der Waals surface area contributed by atoms with Gasteiger partial charge in [0.25, 0.3) is 0 Å². The topological polar surface area (TPSA) is 107 Å². The van der Waals surface area contributed by atoms with Gasteiger partial charge in [-0.2, -0.15) is 0 Å². The molecule has 4 aliphatic rings. The number of aliphatic hydroxyl groups is 1. The summed E-state index contributed by atoms with van der Waals surface area (Å²) in [5, 5.41) is 23.3. The number of aliphatic hydroxyl groups excluding tert-OH is 1. The minimum absolute atomic E-state index is 0.282. The Labute approximate surface area is 254 Å². The van der Waals surface area contributed by atoms with Gasteiger partial charge in [-0.15, -0.1) is 0 Å². The van der Waals surface area contributed by atoms with Crippen molar-refractivity contribution >= 4 is 6.16 Å². The fourth-order valence-corrected chi connectivity index (χ4v) is 11.2. The molecule has 7 nitrogen and oxygen atoms in total. The molecule has 0 radical (unpaired) electrons. The van der Waals surface area contributed by atoms with Gasteiger partial charge in [-0.3, -0.25) is 0 Å². The molecule has 0 aromatic carbocycles. The van der Waals surface area contributed by atoms with Crippen molar-refractivity contribution in [1.29, 1.82) is 0 Å². The van der Waals surface area contributed by atoms with Crippen LogP contribution in [0.5, 0.6) is 0 Å². The van der Waals surface area contributed by atoms with E-state index in [1.54, 1.807) is 6.33 Å². The maximum Gasteiger partial charge on any atom is 0.508 e. The molecular weight excluding hydrogens is 526 g/mol. The zero-order valence-corrected chi connectivity index (χ0v) is 27.0. The van der Waals surface area contributed by atoms with E-state index in [-0.39, 0.29) is 5.41 Å². The van der Waals surface area contributed by atoms with Crippen molar-refractivity contribution in [2.24, 2.45) is 58.2 Å². The Morgan fingerprint density at radius 3 is 2.55 bits per heavy atom. The molecule has 7 heteroatoms. The van der Waals surface area contributed by atoms with Crippen LogP contribution < -0.4 is 5.32 Å². The van der Waals surface area contributed by atoms with Gasteiger partial charge in [-0.25, -0.2) is 9.78 Å². The van der Waals surface area contributed by atoms with Crippen LogP contribution in [0.3, 0.4) is 0 Å². The van der Waals surface area contributed by atoms with Gasteiger partial charge >= 0.3 is 6.16 Å². The highest BCUT2D eigenvalue weighted by atomic mass is 16.7. The maximum absolute atomic E-state index is 11.0. The predicted molar refractivity (Wildman–Crippen MR) is 166 cm³/mol. The highest BCUT2D eigenvalue weighted by Crippen LogP contribution is 2.68. The number of aromatic amines is 1. The van der Waals surface area contributed by atoms with E-state index >= 15 is 0 Å². The summed E-state index contributed by atoms with van der Waals surface area (Å²) in [6.45, 7) is 13.5. The molecular formula is C35H59N3O4. The molecule has 0 spiro atoms. The number of rotatable bonds is 12. The summed E-state index contributed by atoms with van der Waals surface area (Å²) >= 11 is 0. The second-order valence-corrected chi connectivity index (χ2v) is 15.8. The lowest BCUT2D eigenvalue weighted by molar-refractivity contribution is -0.142. The van der Waals surface area contributed by atoms with Crippen molar-refractivity contribution in [3.05, 3.63) is 18.2 Å². The van der Waals surface area contributed by atoms with Gasteiger partial charge < -0.3 is 25.3 Å². The van der Waals surface area contributed by atoms with Crippen LogP contribution in [-0.4, -0.2) is 45.2 Å². The molecule has 3 unspecified atom stereocenters. The zero-order valence-electron chi connectivity index (χ0n) is 27.0. The number of ether oxygens (including phenoxy) is 1. The molecule has 0 bridgehead atoms. The standard InChI is InChI=1S/C35H59N3O4/c1-22(2)7-6-8-23(3)27-9-10-28-26-19-31(37-16-13-25-20-36-21-38-25)30-17-24(18-32(39)42-33(40)41)11-14-35(30,5)29(26)12-15-34(27,28)4/h20-24,26-32,37,39H,6-19H2,1-5H3,(H,36,38)(H,40,41)/t23?,24-,26-,27+,28-,29-,30?,31+,32?,34+,35+/m0/s1. The maximum atomic E-state index is 11.0. The number of nitrogens with one attached hydrogen (secondary N) is 2. The summed E-state index contributed by atoms with van der Waals surface area (Å²) in [5.74, 6) is 5.67. The van der Waals surface area contributed by atoms with Gasteiger partial charge in [0.1, 0.15) is 0 Å². The molecule has 5 rings (SSSR count). The zero-order chi connectivity index (χ0) is 30.1. The van der Waals surface area contributed by atoms with E-state index in [1.165, 1.54) is 57.8 Å². The Hall–Kier alpha value is -1.60. The van der Waals surface area contributed by atoms with Crippen molar-refractivity contribution in [2.45, 2.75) is 130 Å². The summed E-state index contributed by atoms with van der Waals surface area (Å²) in [7, 11) is 0. The van der Waals surface area contributed by atoms with Gasteiger partial charge in [0.15, 0.2) is 0 Å². The molecule has 1 heterocycles. The summed E-state index contributed by atoms with van der Waals surface area (Å²) in [4.78, 5) is 18.6. The lowest BCUT2D eigenvalue weighted by Crippen LogP contribution is -2.61. The van der Waals surface area contributed by atoms with Gasteiger partial charge in [0.05, 0.1) is 12.0 Å². The van der Waals surface area contributed by atoms with Gasteiger partial charge in [0.2, 0.25) is 6.29 Å². The third kappa shape index (κ3) is 6.57. The Morgan fingerprint density at radius 2 is 1.83 bits per heavy atom. The lowest BCUT2D eigenvalue weighted by atomic mass is 9.43. The summed E-state index contributed by atoms with van der Waals surface area (Å²) in [5.41, 5.74) is 1.85. The van der Waals surface area contributed by atoms with E-state index in [4.69, 9.17) is 9.84 Å². The van der Waals surface area contributed by atoms with E-state index in [2.05, 4.69) is 49.9 Å². The van der Waals surface area contributed by atoms with Crippen LogP contribution in [0.1, 0.15) is 117 Å². The minimum Gasteiger partial charge on any atom is -0.450 e. The highest BCUT2D eigenvalue weighted by molar-refractivity contribution is 5.56. The van der Waals surface area contributed by atoms with E-state index in [1.807, 2.05) is 6.20 Å². The van der Waals surface area contributed by atoms with Crippen LogP contribution in [0.25, 0.3) is 0 Å². The van der Waals surface area contributed by atoms with Crippen LogP contribution in [0, 0.1) is 58.2 Å². The van der Waals surface area contributed by atoms with E-state index in [0.29, 0.717) is 29.7 Å². The van der Waals surface area contributed by atoms with Gasteiger partial charge in [-0.1, -0.05) is 53.9 Å². The number of nitrogens with zero attached hydrogens (tertiary/aromatic N) is 1. The molecule has 238 valence electrons. The van der Waals surface area contributed by atoms with Crippen LogP contribution in [0.2, 0.25) is 0 Å². The van der Waals surface area contributed by atoms with Gasteiger partial charge in [0, 0.05) is 31.6 Å². The number of hydrogen-bond acceptors (Lipinski definition) is 5. The fourth-order valence-electron chi connectivity index (χ4n) is 11.2. The van der Waals surface area contributed by atoms with Crippen LogP contribution in [0.15, 0.2) is 12.5 Å². The highest BCUT2D eigenvalue weighted by Gasteiger charge is 2.62. The second-order valence-electron chi connectivity index (χ2n) is 15.8. The Bertz CT molecular complexity index is 1020. The van der Waals surface area contributed by atoms with Crippen molar-refractivity contribution in [1.82, 2.24) is 15.3 Å². The first-order valence-electron chi connectivity index (χ1n) is 17.3. The molecule has 4 N–H and O–H groups in total. The number of carbonyl (C=O) groups is 1. The van der Waals surface area contributed by atoms with E-state index < -0.39 is 12.4 Å². The normalized spacial score (nSPS) is 39.3. The molecule has 4 fully saturated rings. The van der Waals surface area contributed by atoms with Crippen molar-refractivity contribution in [2.75, 3.05) is 6.54 Å². The molecule has 0 saturated heterocycles. The first-order chi connectivity index (χ1) is 20.0. The number of imidazole rings is 1. The molecule has 42 heavy (non-hydrogen) atoms. The SMILES string of the molecule is CC(C)CCCC(C)[C@H]1CC[C@H]2[C@@H]3C[C@@H](NCCc4c[nH]cn4)C4C[C@@H](CC(O)OC(=O)O)CC[C@]4(C)[C@H]3CC[C@]12C. The lowest BCUT2D eigenvalue weighted by Gasteiger charge is -2.63. The molecule has 4 saturated carbocycles. The van der Waals surface area contributed by atoms with Crippen molar-refractivity contribution < 1.29 is 19.7 Å². The third-order valence-electron chi connectivity index (χ3n) is 13.1.